The molecular formula is C22H25N3O9S. The van der Waals surface area contributed by atoms with Crippen molar-refractivity contribution in [3.63, 3.8) is 0 Å². The van der Waals surface area contributed by atoms with Gasteiger partial charge in [0.2, 0.25) is 5.75 Å². The van der Waals surface area contributed by atoms with E-state index in [4.69, 9.17) is 24.4 Å². The molecule has 1 saturated heterocycles. The van der Waals surface area contributed by atoms with Crippen LogP contribution in [-0.2, 0) is 19.0 Å². The molecule has 2 N–H and O–H groups in total. The van der Waals surface area contributed by atoms with Gasteiger partial charge in [-0.25, -0.2) is 4.79 Å². The largest absolute Gasteiger partial charge is 0.493 e. The third kappa shape index (κ3) is 6.00. The number of rotatable bonds is 9. The quantitative estimate of drug-likeness (QED) is 0.294. The molecular weight excluding hydrogens is 482 g/mol. The van der Waals surface area contributed by atoms with E-state index in [9.17, 15) is 18.0 Å². The summed E-state index contributed by atoms with van der Waals surface area (Å²) >= 11 is 0. The number of nitrogens with one attached hydrogen (secondary N) is 2. The highest BCUT2D eigenvalue weighted by Gasteiger charge is 2.33. The van der Waals surface area contributed by atoms with Crippen LogP contribution in [0.1, 0.15) is 15.9 Å². The van der Waals surface area contributed by atoms with Gasteiger partial charge in [0.05, 0.1) is 39.7 Å². The van der Waals surface area contributed by atoms with Crippen molar-refractivity contribution in [1.29, 1.82) is 5.41 Å². The van der Waals surface area contributed by atoms with Gasteiger partial charge in [0.25, 0.3) is 16.0 Å². The van der Waals surface area contributed by atoms with Gasteiger partial charge in [-0.3, -0.25) is 19.3 Å². The number of benzene rings is 2. The summed E-state index contributed by atoms with van der Waals surface area (Å²) in [4.78, 5) is 26.3. The molecule has 35 heavy (non-hydrogen) atoms. The minimum Gasteiger partial charge on any atom is -0.493 e. The van der Waals surface area contributed by atoms with E-state index < -0.39 is 28.2 Å². The SMILES string of the molecule is COc1ccc(C(=O)NC(=N)c2ccc(N3CC(COS(C)(=O)=O)OC3=O)cc2)c(OC)c1OC. The molecule has 0 bridgehead atoms. The number of amides is 2. The Hall–Kier alpha value is -3.84. The fraction of sp³-hybridized carbons (Fsp3) is 0.318. The van der Waals surface area contributed by atoms with Crippen molar-refractivity contribution in [2.45, 2.75) is 6.10 Å². The van der Waals surface area contributed by atoms with Crippen LogP contribution >= 0.6 is 0 Å². The molecule has 13 heteroatoms. The third-order valence-corrected chi connectivity index (χ3v) is 5.56. The van der Waals surface area contributed by atoms with Crippen molar-refractivity contribution < 1.29 is 41.1 Å². The Morgan fingerprint density at radius 2 is 1.74 bits per heavy atom. The maximum Gasteiger partial charge on any atom is 0.414 e. The minimum absolute atomic E-state index is 0.0982. The van der Waals surface area contributed by atoms with Gasteiger partial charge in [0.15, 0.2) is 11.5 Å². The van der Waals surface area contributed by atoms with Crippen LogP contribution in [0.2, 0.25) is 0 Å². The molecule has 1 atom stereocenters. The Labute approximate surface area is 202 Å². The van der Waals surface area contributed by atoms with Crippen molar-refractivity contribution in [3.05, 3.63) is 47.5 Å². The van der Waals surface area contributed by atoms with Crippen molar-refractivity contribution in [2.24, 2.45) is 0 Å². The zero-order valence-electron chi connectivity index (χ0n) is 19.5. The van der Waals surface area contributed by atoms with Gasteiger partial charge in [-0.15, -0.1) is 0 Å². The molecule has 12 nitrogen and oxygen atoms in total. The lowest BCUT2D eigenvalue weighted by molar-refractivity contribution is 0.0973. The molecule has 0 spiro atoms. The number of nitrogens with zero attached hydrogens (tertiary/aromatic N) is 1. The Bertz CT molecular complexity index is 1230. The minimum atomic E-state index is -3.66. The van der Waals surface area contributed by atoms with E-state index in [1.54, 1.807) is 30.3 Å². The maximum atomic E-state index is 12.8. The van der Waals surface area contributed by atoms with Crippen LogP contribution < -0.4 is 24.4 Å². The molecule has 2 amide bonds. The molecule has 1 fully saturated rings. The van der Waals surface area contributed by atoms with Gasteiger partial charge in [0.1, 0.15) is 18.5 Å². The van der Waals surface area contributed by atoms with E-state index in [1.165, 1.54) is 32.3 Å². The highest BCUT2D eigenvalue weighted by Crippen LogP contribution is 2.39. The van der Waals surface area contributed by atoms with E-state index in [-0.39, 0.29) is 36.0 Å². The molecule has 0 aliphatic carbocycles. The van der Waals surface area contributed by atoms with Crippen LogP contribution in [0.25, 0.3) is 0 Å². The number of ether oxygens (including phenoxy) is 4. The molecule has 2 aromatic carbocycles. The monoisotopic (exact) mass is 507 g/mol. The fourth-order valence-electron chi connectivity index (χ4n) is 3.36. The molecule has 3 rings (SSSR count). The van der Waals surface area contributed by atoms with Gasteiger partial charge < -0.3 is 24.3 Å². The molecule has 188 valence electrons. The van der Waals surface area contributed by atoms with Gasteiger partial charge in [-0.2, -0.15) is 8.42 Å². The first-order valence-corrected chi connectivity index (χ1v) is 12.0. The summed E-state index contributed by atoms with van der Waals surface area (Å²) < 4.78 is 47.9. The van der Waals surface area contributed by atoms with Crippen molar-refractivity contribution in [2.75, 3.05) is 45.6 Å². The summed E-state index contributed by atoms with van der Waals surface area (Å²) in [5.74, 6) is 0.0263. The highest BCUT2D eigenvalue weighted by atomic mass is 32.2. The van der Waals surface area contributed by atoms with E-state index in [0.29, 0.717) is 17.0 Å². The predicted octanol–water partition coefficient (Wildman–Crippen LogP) is 1.77. The molecule has 1 aliphatic heterocycles. The first kappa shape index (κ1) is 25.8. The molecule has 0 radical (unpaired) electrons. The summed E-state index contributed by atoms with van der Waals surface area (Å²) in [6.07, 6.45) is -0.482. The van der Waals surface area contributed by atoms with E-state index in [2.05, 4.69) is 9.50 Å². The van der Waals surface area contributed by atoms with Gasteiger partial charge >= 0.3 is 6.09 Å². The molecule has 0 aromatic heterocycles. The lowest BCUT2D eigenvalue weighted by atomic mass is 10.1. The summed E-state index contributed by atoms with van der Waals surface area (Å²) in [6.45, 7) is -0.184. The number of carbonyl (C=O) groups is 2. The van der Waals surface area contributed by atoms with Crippen LogP contribution in [0.4, 0.5) is 10.5 Å². The average Bonchev–Trinajstić information content (AvgIpc) is 3.21. The molecule has 1 unspecified atom stereocenters. The van der Waals surface area contributed by atoms with Gasteiger partial charge in [-0.1, -0.05) is 0 Å². The second-order valence-electron chi connectivity index (χ2n) is 7.36. The number of cyclic esters (lactones) is 1. The number of methoxy groups -OCH3 is 3. The Morgan fingerprint density at radius 3 is 2.31 bits per heavy atom. The third-order valence-electron chi connectivity index (χ3n) is 5.00. The van der Waals surface area contributed by atoms with Crippen molar-refractivity contribution in [3.8, 4) is 17.2 Å². The Morgan fingerprint density at radius 1 is 1.09 bits per heavy atom. The normalized spacial score (nSPS) is 15.4. The van der Waals surface area contributed by atoms with Crippen LogP contribution in [0.5, 0.6) is 17.2 Å². The second-order valence-corrected chi connectivity index (χ2v) is 9.01. The predicted molar refractivity (Wildman–Crippen MR) is 125 cm³/mol. The van der Waals surface area contributed by atoms with Crippen molar-refractivity contribution in [1.82, 2.24) is 5.32 Å². The highest BCUT2D eigenvalue weighted by molar-refractivity contribution is 7.85. The summed E-state index contributed by atoms with van der Waals surface area (Å²) in [6, 6.07) is 9.31. The van der Waals surface area contributed by atoms with Gasteiger partial charge in [0, 0.05) is 11.3 Å². The maximum absolute atomic E-state index is 12.8. The lowest BCUT2D eigenvalue weighted by Crippen LogP contribution is -2.31. The van der Waals surface area contributed by atoms with Crippen LogP contribution in [-0.4, -0.2) is 73.1 Å². The second kappa shape index (κ2) is 10.6. The van der Waals surface area contributed by atoms with Crippen molar-refractivity contribution >= 4 is 33.6 Å². The summed E-state index contributed by atoms with van der Waals surface area (Å²) in [5.41, 5.74) is 1.00. The summed E-state index contributed by atoms with van der Waals surface area (Å²) in [5, 5.41) is 10.8. The van der Waals surface area contributed by atoms with Gasteiger partial charge in [-0.05, 0) is 36.4 Å². The number of anilines is 1. The topological polar surface area (TPSA) is 154 Å². The van der Waals surface area contributed by atoms with Crippen LogP contribution in [0.15, 0.2) is 36.4 Å². The zero-order chi connectivity index (χ0) is 25.8. The number of hydrogen-bond acceptors (Lipinski definition) is 10. The van der Waals surface area contributed by atoms with Crippen LogP contribution in [0.3, 0.4) is 0 Å². The number of amidine groups is 1. The Balaban J connectivity index is 1.69. The zero-order valence-corrected chi connectivity index (χ0v) is 20.3. The lowest BCUT2D eigenvalue weighted by Gasteiger charge is -2.16. The van der Waals surface area contributed by atoms with E-state index in [0.717, 1.165) is 6.26 Å². The molecule has 1 heterocycles. The summed E-state index contributed by atoms with van der Waals surface area (Å²) in [7, 11) is 0.610. The molecule has 2 aromatic rings. The number of hydrogen-bond donors (Lipinski definition) is 2. The molecule has 0 saturated carbocycles. The van der Waals surface area contributed by atoms with E-state index in [1.807, 2.05) is 0 Å². The fourth-order valence-corrected chi connectivity index (χ4v) is 3.76. The smallest absolute Gasteiger partial charge is 0.414 e. The Kier molecular flexibility index (Phi) is 7.82. The standard InChI is InChI=1S/C22H25N3O9S/c1-30-17-10-9-16(18(31-2)19(17)32-3)21(26)24-20(23)13-5-7-14(8-6-13)25-11-15(34-22(25)27)12-33-35(4,28)29/h5-10,15H,11-12H2,1-4H3,(H2,23,24,26). The first-order valence-electron chi connectivity index (χ1n) is 10.2. The molecule has 1 aliphatic rings. The van der Waals surface area contributed by atoms with Crippen LogP contribution in [0, 0.1) is 5.41 Å². The first-order chi connectivity index (χ1) is 16.6. The van der Waals surface area contributed by atoms with E-state index >= 15 is 0 Å². The number of carbonyl (C=O) groups excluding carboxylic acids is 2. The average molecular weight is 508 g/mol.